The Morgan fingerprint density at radius 2 is 2.21 bits per heavy atom. The van der Waals surface area contributed by atoms with Crippen LogP contribution in [0, 0.1) is 0 Å². The number of amides is 3. The van der Waals surface area contributed by atoms with Crippen molar-refractivity contribution in [1.29, 1.82) is 0 Å². The van der Waals surface area contributed by atoms with E-state index in [0.717, 1.165) is 4.72 Å². The first kappa shape index (κ1) is 12.4. The van der Waals surface area contributed by atoms with Gasteiger partial charge in [-0.25, -0.2) is 14.3 Å². The lowest BCUT2D eigenvalue weighted by Gasteiger charge is -1.91. The van der Waals surface area contributed by atoms with Gasteiger partial charge in [0.1, 0.15) is 6.61 Å². The highest BCUT2D eigenvalue weighted by molar-refractivity contribution is 7.84. The molecule has 5 N–H and O–H groups in total. The molecule has 0 radical (unpaired) electrons. The molecule has 0 spiro atoms. The average Bonchev–Trinajstić information content (AvgIpc) is 2.34. The van der Waals surface area contributed by atoms with E-state index in [0.29, 0.717) is 13.2 Å². The first-order valence-electron chi connectivity index (χ1n) is 3.26. The smallest absolute Gasteiger partial charge is 0.407 e. The summed E-state index contributed by atoms with van der Waals surface area (Å²) in [7, 11) is -4.45. The van der Waals surface area contributed by atoms with Crippen molar-refractivity contribution in [3.05, 3.63) is 0 Å². The third kappa shape index (κ3) is 8.55. The van der Waals surface area contributed by atoms with Crippen LogP contribution in [0.5, 0.6) is 0 Å². The molecule has 1 saturated heterocycles. The first-order chi connectivity index (χ1) is 6.31. The molecule has 0 aromatic carbocycles. The Morgan fingerprint density at radius 1 is 1.64 bits per heavy atom. The van der Waals surface area contributed by atoms with Crippen LogP contribution in [0.25, 0.3) is 0 Å². The standard InChI is InChI=1S/C3H5NO2.CH4N2O4S/c5-3-4-1-2-6-3;2-1(4)3-8(5,6)7/h1-2H2,(H,4,5);(H3,2,3,4)(H,5,6,7). The molecule has 1 aliphatic rings. The molecular formula is C4H9N3O6S. The summed E-state index contributed by atoms with van der Waals surface area (Å²) in [6, 6.07) is -1.31. The van der Waals surface area contributed by atoms with Crippen molar-refractivity contribution in [2.75, 3.05) is 13.2 Å². The third-order valence-corrected chi connectivity index (χ3v) is 1.29. The number of urea groups is 1. The second-order valence-corrected chi connectivity index (χ2v) is 3.16. The zero-order chi connectivity index (χ0) is 11.2. The number of nitrogens with two attached hydrogens (primary N) is 1. The predicted molar refractivity (Wildman–Crippen MR) is 43.6 cm³/mol. The van der Waals surface area contributed by atoms with Crippen LogP contribution in [0.2, 0.25) is 0 Å². The highest BCUT2D eigenvalue weighted by Crippen LogP contribution is 1.82. The molecule has 1 heterocycles. The summed E-state index contributed by atoms with van der Waals surface area (Å²) in [5.41, 5.74) is 4.29. The van der Waals surface area contributed by atoms with Gasteiger partial charge in [0.2, 0.25) is 0 Å². The molecule has 3 amide bonds. The molecule has 0 atom stereocenters. The summed E-state index contributed by atoms with van der Waals surface area (Å²) in [5.74, 6) is 0. The second kappa shape index (κ2) is 5.24. The van der Waals surface area contributed by atoms with E-state index in [4.69, 9.17) is 4.55 Å². The number of hydrogen-bond acceptors (Lipinski definition) is 5. The minimum absolute atomic E-state index is 0.296. The van der Waals surface area contributed by atoms with E-state index in [-0.39, 0.29) is 6.09 Å². The lowest BCUT2D eigenvalue weighted by Crippen LogP contribution is -2.34. The summed E-state index contributed by atoms with van der Waals surface area (Å²) in [5, 5.41) is 2.46. The molecule has 0 bridgehead atoms. The monoisotopic (exact) mass is 227 g/mol. The van der Waals surface area contributed by atoms with Gasteiger partial charge < -0.3 is 15.8 Å². The number of ether oxygens (including phenoxy) is 1. The van der Waals surface area contributed by atoms with Crippen LogP contribution in [0.1, 0.15) is 0 Å². The largest absolute Gasteiger partial charge is 0.448 e. The fourth-order valence-electron chi connectivity index (χ4n) is 0.475. The van der Waals surface area contributed by atoms with Crippen molar-refractivity contribution in [1.82, 2.24) is 10.0 Å². The molecule has 0 unspecified atom stereocenters. The van der Waals surface area contributed by atoms with Gasteiger partial charge >= 0.3 is 22.4 Å². The molecule has 1 fully saturated rings. The molecule has 9 nitrogen and oxygen atoms in total. The molecule has 0 aromatic rings. The Balaban J connectivity index is 0.000000249. The quantitative estimate of drug-likeness (QED) is 0.388. The van der Waals surface area contributed by atoms with Crippen LogP contribution in [0.4, 0.5) is 9.59 Å². The molecule has 10 heteroatoms. The Kier molecular flexibility index (Phi) is 4.66. The Hall–Kier alpha value is -1.55. The molecule has 0 saturated carbocycles. The van der Waals surface area contributed by atoms with Crippen molar-refractivity contribution in [2.45, 2.75) is 0 Å². The molecule has 0 aromatic heterocycles. The summed E-state index contributed by atoms with van der Waals surface area (Å²) in [6.07, 6.45) is -0.296. The fourth-order valence-corrected chi connectivity index (χ4v) is 0.729. The number of carbonyl (C=O) groups excluding carboxylic acids is 2. The summed E-state index contributed by atoms with van der Waals surface area (Å²) >= 11 is 0. The summed E-state index contributed by atoms with van der Waals surface area (Å²) < 4.78 is 32.4. The van der Waals surface area contributed by atoms with Crippen LogP contribution in [-0.2, 0) is 15.0 Å². The number of carbonyl (C=O) groups is 2. The molecule has 1 rings (SSSR count). The van der Waals surface area contributed by atoms with Gasteiger partial charge in [-0.1, -0.05) is 0 Å². The lowest BCUT2D eigenvalue weighted by molar-refractivity contribution is 0.178. The third-order valence-electron chi connectivity index (χ3n) is 0.834. The molecule has 0 aliphatic carbocycles. The van der Waals surface area contributed by atoms with E-state index in [2.05, 4.69) is 15.8 Å². The number of cyclic esters (lactones) is 1. The van der Waals surface area contributed by atoms with Gasteiger partial charge in [0.05, 0.1) is 6.54 Å². The minimum Gasteiger partial charge on any atom is -0.448 e. The molecule has 14 heavy (non-hydrogen) atoms. The maximum Gasteiger partial charge on any atom is 0.407 e. The highest BCUT2D eigenvalue weighted by Gasteiger charge is 2.06. The maximum atomic E-state index is 9.91. The van der Waals surface area contributed by atoms with Gasteiger partial charge in [0.15, 0.2) is 0 Å². The van der Waals surface area contributed by atoms with Crippen LogP contribution >= 0.6 is 0 Å². The normalized spacial score (nSPS) is 14.5. The average molecular weight is 227 g/mol. The van der Waals surface area contributed by atoms with Crippen LogP contribution in [0.3, 0.4) is 0 Å². The topological polar surface area (TPSA) is 148 Å². The van der Waals surface area contributed by atoms with E-state index >= 15 is 0 Å². The number of nitrogens with one attached hydrogen (secondary N) is 2. The van der Waals surface area contributed by atoms with Gasteiger partial charge in [0.25, 0.3) is 0 Å². The van der Waals surface area contributed by atoms with Crippen LogP contribution < -0.4 is 15.8 Å². The fraction of sp³-hybridized carbons (Fsp3) is 0.500. The summed E-state index contributed by atoms with van der Waals surface area (Å²) in [6.45, 7) is 1.19. The van der Waals surface area contributed by atoms with Crippen molar-refractivity contribution in [2.24, 2.45) is 5.73 Å². The maximum absolute atomic E-state index is 9.91. The highest BCUT2D eigenvalue weighted by atomic mass is 32.2. The van der Waals surface area contributed by atoms with E-state index < -0.39 is 16.3 Å². The lowest BCUT2D eigenvalue weighted by atomic mass is 10.7. The van der Waals surface area contributed by atoms with Gasteiger partial charge in [-0.05, 0) is 0 Å². The summed E-state index contributed by atoms with van der Waals surface area (Å²) in [4.78, 5) is 19.5. The zero-order valence-corrected chi connectivity index (χ0v) is 7.70. The Morgan fingerprint density at radius 3 is 2.29 bits per heavy atom. The van der Waals surface area contributed by atoms with Crippen molar-refractivity contribution < 1.29 is 27.3 Å². The Bertz CT molecular complexity index is 303. The second-order valence-electron chi connectivity index (χ2n) is 2.00. The van der Waals surface area contributed by atoms with Gasteiger partial charge in [-0.3, -0.25) is 4.55 Å². The Labute approximate surface area is 79.5 Å². The van der Waals surface area contributed by atoms with Gasteiger partial charge in [0, 0.05) is 0 Å². The van der Waals surface area contributed by atoms with E-state index in [1.54, 1.807) is 0 Å². The zero-order valence-electron chi connectivity index (χ0n) is 6.89. The number of hydrogen-bond donors (Lipinski definition) is 4. The molecule has 1 aliphatic heterocycles. The molecule has 82 valence electrons. The number of alkyl carbamates (subject to hydrolysis) is 1. The molecular weight excluding hydrogens is 218 g/mol. The predicted octanol–water partition coefficient (Wildman–Crippen LogP) is -1.82. The van der Waals surface area contributed by atoms with E-state index in [1.165, 1.54) is 0 Å². The van der Waals surface area contributed by atoms with Crippen molar-refractivity contribution >= 4 is 22.4 Å². The van der Waals surface area contributed by atoms with Crippen LogP contribution in [-0.4, -0.2) is 38.2 Å². The van der Waals surface area contributed by atoms with Gasteiger partial charge in [-0.2, -0.15) is 8.42 Å². The van der Waals surface area contributed by atoms with E-state index in [9.17, 15) is 18.0 Å². The van der Waals surface area contributed by atoms with Crippen molar-refractivity contribution in [3.8, 4) is 0 Å². The number of primary amides is 1. The SMILES string of the molecule is NC(=O)NS(=O)(=O)O.O=C1NCCO1. The number of rotatable bonds is 1. The minimum atomic E-state index is -4.45. The first-order valence-corrected chi connectivity index (χ1v) is 4.70. The van der Waals surface area contributed by atoms with Crippen LogP contribution in [0.15, 0.2) is 0 Å². The van der Waals surface area contributed by atoms with Crippen molar-refractivity contribution in [3.63, 3.8) is 0 Å². The van der Waals surface area contributed by atoms with Gasteiger partial charge in [-0.15, -0.1) is 0 Å². The van der Waals surface area contributed by atoms with E-state index in [1.807, 2.05) is 0 Å².